The van der Waals surface area contributed by atoms with Crippen molar-refractivity contribution in [3.05, 3.63) is 36.4 Å². The van der Waals surface area contributed by atoms with Gasteiger partial charge >= 0.3 is 0 Å². The van der Waals surface area contributed by atoms with E-state index in [2.05, 4.69) is 6.58 Å². The van der Waals surface area contributed by atoms with Crippen molar-refractivity contribution >= 4 is 10.0 Å². The van der Waals surface area contributed by atoms with Crippen molar-refractivity contribution in [3.8, 4) is 5.75 Å². The zero-order valence-electron chi connectivity index (χ0n) is 11.3. The van der Waals surface area contributed by atoms with Crippen LogP contribution in [0.3, 0.4) is 0 Å². The van der Waals surface area contributed by atoms with Gasteiger partial charge in [0.25, 0.3) is 0 Å². The molecule has 0 saturated carbocycles. The minimum atomic E-state index is -3.80. The number of methoxy groups -OCH3 is 1. The third-order valence-electron chi connectivity index (χ3n) is 2.71. The molecule has 0 amide bonds. The van der Waals surface area contributed by atoms with Crippen LogP contribution in [0.25, 0.3) is 0 Å². The molecule has 0 aliphatic rings. The minimum absolute atomic E-state index is 0.00694. The molecule has 20 heavy (non-hydrogen) atoms. The van der Waals surface area contributed by atoms with E-state index in [9.17, 15) is 8.42 Å². The van der Waals surface area contributed by atoms with Gasteiger partial charge in [-0.2, -0.15) is 4.31 Å². The van der Waals surface area contributed by atoms with Crippen LogP contribution in [0.4, 0.5) is 0 Å². The summed E-state index contributed by atoms with van der Waals surface area (Å²) in [6, 6.07) is 4.37. The van der Waals surface area contributed by atoms with Crippen LogP contribution in [0.5, 0.6) is 5.75 Å². The van der Waals surface area contributed by atoms with Crippen molar-refractivity contribution in [2.45, 2.75) is 11.5 Å². The van der Waals surface area contributed by atoms with Crippen LogP contribution in [0, 0.1) is 0 Å². The average molecular weight is 301 g/mol. The highest BCUT2D eigenvalue weighted by molar-refractivity contribution is 7.89. The van der Waals surface area contributed by atoms with Crippen LogP contribution in [0.15, 0.2) is 35.7 Å². The van der Waals surface area contributed by atoms with Gasteiger partial charge in [-0.15, -0.1) is 6.58 Å². The maximum absolute atomic E-state index is 12.5. The quantitative estimate of drug-likeness (QED) is 0.677. The van der Waals surface area contributed by atoms with Crippen molar-refractivity contribution in [2.24, 2.45) is 0 Å². The largest absolute Gasteiger partial charge is 0.495 e. The Hall–Kier alpha value is -1.41. The van der Waals surface area contributed by atoms with Gasteiger partial charge < -0.3 is 14.9 Å². The normalized spacial score (nSPS) is 11.6. The van der Waals surface area contributed by atoms with Crippen LogP contribution >= 0.6 is 0 Å². The van der Waals surface area contributed by atoms with Gasteiger partial charge in [0.05, 0.1) is 20.3 Å². The Balaban J connectivity index is 3.28. The van der Waals surface area contributed by atoms with Gasteiger partial charge in [0, 0.05) is 13.1 Å². The standard InChI is InChI=1S/C13H19NO5S/c1-3-6-14(7-8-15)20(17,18)13-5-4-11(10-16)9-12(13)19-2/h3-5,9,15-16H,1,6-8,10H2,2H3. The van der Waals surface area contributed by atoms with E-state index in [0.717, 1.165) is 4.31 Å². The molecule has 0 atom stereocenters. The van der Waals surface area contributed by atoms with E-state index in [1.165, 1.54) is 31.4 Å². The smallest absolute Gasteiger partial charge is 0.247 e. The number of hydrogen-bond donors (Lipinski definition) is 2. The maximum atomic E-state index is 12.5. The van der Waals surface area contributed by atoms with Gasteiger partial charge in [-0.3, -0.25) is 0 Å². The lowest BCUT2D eigenvalue weighted by Gasteiger charge is -2.21. The molecule has 7 heteroatoms. The molecular formula is C13H19NO5S. The van der Waals surface area contributed by atoms with E-state index in [1.807, 2.05) is 0 Å². The van der Waals surface area contributed by atoms with Crippen molar-refractivity contribution in [1.82, 2.24) is 4.31 Å². The fourth-order valence-corrected chi connectivity index (χ4v) is 3.27. The second-order valence-electron chi connectivity index (χ2n) is 4.02. The summed E-state index contributed by atoms with van der Waals surface area (Å²) in [6.45, 7) is 3.08. The number of nitrogens with zero attached hydrogens (tertiary/aromatic N) is 1. The monoisotopic (exact) mass is 301 g/mol. The zero-order valence-corrected chi connectivity index (χ0v) is 12.1. The maximum Gasteiger partial charge on any atom is 0.247 e. The van der Waals surface area contributed by atoms with Crippen LogP contribution in [0.1, 0.15) is 5.56 Å². The lowest BCUT2D eigenvalue weighted by molar-refractivity contribution is 0.260. The first-order chi connectivity index (χ1) is 9.51. The molecule has 1 rings (SSSR count). The first kappa shape index (κ1) is 16.6. The van der Waals surface area contributed by atoms with Gasteiger partial charge in [-0.1, -0.05) is 12.1 Å². The molecule has 112 valence electrons. The zero-order chi connectivity index (χ0) is 15.2. The average Bonchev–Trinajstić information content (AvgIpc) is 2.46. The Morgan fingerprint density at radius 3 is 2.60 bits per heavy atom. The molecule has 1 aromatic carbocycles. The molecule has 0 unspecified atom stereocenters. The third kappa shape index (κ3) is 3.57. The molecule has 0 bridgehead atoms. The van der Waals surface area contributed by atoms with E-state index in [4.69, 9.17) is 14.9 Å². The fraction of sp³-hybridized carbons (Fsp3) is 0.385. The SMILES string of the molecule is C=CCN(CCO)S(=O)(=O)c1ccc(CO)cc1OC. The highest BCUT2D eigenvalue weighted by Crippen LogP contribution is 2.27. The number of benzene rings is 1. The number of sulfonamides is 1. The molecule has 6 nitrogen and oxygen atoms in total. The van der Waals surface area contributed by atoms with Gasteiger partial charge in [0.1, 0.15) is 10.6 Å². The number of rotatable bonds is 8. The minimum Gasteiger partial charge on any atom is -0.495 e. The van der Waals surface area contributed by atoms with Gasteiger partial charge in [0.2, 0.25) is 10.0 Å². The van der Waals surface area contributed by atoms with Gasteiger partial charge in [-0.25, -0.2) is 8.42 Å². The summed E-state index contributed by atoms with van der Waals surface area (Å²) < 4.78 is 31.2. The molecule has 0 fully saturated rings. The Bertz CT molecular complexity index is 556. The molecule has 0 aliphatic heterocycles. The molecule has 2 N–H and O–H groups in total. The molecule has 1 aromatic rings. The second kappa shape index (κ2) is 7.39. The Morgan fingerprint density at radius 2 is 2.10 bits per heavy atom. The first-order valence-corrected chi connectivity index (χ1v) is 7.45. The summed E-state index contributed by atoms with van der Waals surface area (Å²) in [4.78, 5) is -0.00694. The molecule has 0 heterocycles. The number of aliphatic hydroxyl groups excluding tert-OH is 2. The topological polar surface area (TPSA) is 87.1 Å². The molecule has 0 radical (unpaired) electrons. The Kier molecular flexibility index (Phi) is 6.15. The highest BCUT2D eigenvalue weighted by Gasteiger charge is 2.26. The van der Waals surface area contributed by atoms with E-state index < -0.39 is 10.0 Å². The van der Waals surface area contributed by atoms with E-state index in [0.29, 0.717) is 5.56 Å². The molecule has 0 spiro atoms. The first-order valence-electron chi connectivity index (χ1n) is 6.01. The summed E-state index contributed by atoms with van der Waals surface area (Å²) in [5.41, 5.74) is 0.554. The highest BCUT2D eigenvalue weighted by atomic mass is 32.2. The summed E-state index contributed by atoms with van der Waals surface area (Å²) in [6.07, 6.45) is 1.45. The molecule has 0 aliphatic carbocycles. The van der Waals surface area contributed by atoms with E-state index in [-0.39, 0.29) is 36.9 Å². The van der Waals surface area contributed by atoms with Crippen molar-refractivity contribution in [2.75, 3.05) is 26.8 Å². The third-order valence-corrected chi connectivity index (χ3v) is 4.62. The summed E-state index contributed by atoms with van der Waals surface area (Å²) >= 11 is 0. The number of aliphatic hydroxyl groups is 2. The van der Waals surface area contributed by atoms with Crippen LogP contribution in [-0.2, 0) is 16.6 Å². The Morgan fingerprint density at radius 1 is 1.40 bits per heavy atom. The van der Waals surface area contributed by atoms with Gasteiger partial charge in [0.15, 0.2) is 0 Å². The van der Waals surface area contributed by atoms with Crippen molar-refractivity contribution < 1.29 is 23.4 Å². The predicted octanol–water partition coefficient (Wildman–Crippen LogP) is 0.356. The fourth-order valence-electron chi connectivity index (χ4n) is 1.73. The van der Waals surface area contributed by atoms with E-state index in [1.54, 1.807) is 0 Å². The molecule has 0 saturated heterocycles. The summed E-state index contributed by atoms with van der Waals surface area (Å²) in [5, 5.41) is 18.0. The van der Waals surface area contributed by atoms with E-state index >= 15 is 0 Å². The van der Waals surface area contributed by atoms with Crippen LogP contribution in [-0.4, -0.2) is 49.7 Å². The van der Waals surface area contributed by atoms with Crippen molar-refractivity contribution in [1.29, 1.82) is 0 Å². The lowest BCUT2D eigenvalue weighted by Crippen LogP contribution is -2.34. The summed E-state index contributed by atoms with van der Waals surface area (Å²) in [7, 11) is -2.44. The molecular weight excluding hydrogens is 282 g/mol. The van der Waals surface area contributed by atoms with Crippen LogP contribution in [0.2, 0.25) is 0 Å². The molecule has 0 aromatic heterocycles. The number of ether oxygens (including phenoxy) is 1. The van der Waals surface area contributed by atoms with Crippen LogP contribution < -0.4 is 4.74 Å². The summed E-state index contributed by atoms with van der Waals surface area (Å²) in [5.74, 6) is 0.156. The van der Waals surface area contributed by atoms with Crippen molar-refractivity contribution in [3.63, 3.8) is 0 Å². The lowest BCUT2D eigenvalue weighted by atomic mass is 10.2. The number of hydrogen-bond acceptors (Lipinski definition) is 5. The van der Waals surface area contributed by atoms with Gasteiger partial charge in [-0.05, 0) is 17.7 Å². The second-order valence-corrected chi connectivity index (χ2v) is 5.93. The Labute approximate surface area is 119 Å². The predicted molar refractivity (Wildman–Crippen MR) is 75.0 cm³/mol.